The third-order valence-electron chi connectivity index (χ3n) is 2.76. The number of urea groups is 1. The van der Waals surface area contributed by atoms with Crippen molar-refractivity contribution < 1.29 is 4.79 Å². The molecule has 7 heteroatoms. The Morgan fingerprint density at radius 3 is 2.94 bits per heavy atom. The monoisotopic (exact) mass is 255 g/mol. The van der Waals surface area contributed by atoms with E-state index in [2.05, 4.69) is 25.1 Å². The fraction of sp³-hybridized carbons (Fsp3) is 0.700. The Morgan fingerprint density at radius 2 is 2.24 bits per heavy atom. The van der Waals surface area contributed by atoms with E-state index in [-0.39, 0.29) is 6.03 Å². The molecule has 17 heavy (non-hydrogen) atoms. The van der Waals surface area contributed by atoms with Gasteiger partial charge in [-0.2, -0.15) is 0 Å². The Bertz CT molecular complexity index is 336. The maximum absolute atomic E-state index is 11.5. The molecule has 1 aliphatic heterocycles. The molecule has 0 atom stereocenters. The number of nitrogens with zero attached hydrogens (tertiary/aromatic N) is 3. The van der Waals surface area contributed by atoms with E-state index < -0.39 is 0 Å². The molecule has 2 N–H and O–H groups in total. The molecule has 2 heterocycles. The second-order valence-corrected chi connectivity index (χ2v) is 4.85. The molecule has 1 saturated heterocycles. The van der Waals surface area contributed by atoms with Gasteiger partial charge in [-0.1, -0.05) is 10.9 Å². The largest absolute Gasteiger partial charge is 0.337 e. The van der Waals surface area contributed by atoms with Gasteiger partial charge in [0.15, 0.2) is 0 Å². The first-order valence-corrected chi connectivity index (χ1v) is 6.66. The topological polar surface area (TPSA) is 70.2 Å². The zero-order valence-corrected chi connectivity index (χ0v) is 10.5. The summed E-state index contributed by atoms with van der Waals surface area (Å²) in [6.07, 6.45) is 5.43. The molecule has 1 aromatic heterocycles. The SMILES string of the molecule is O=C(NCCN1CCCCC1)Nc1cnns1. The Morgan fingerprint density at radius 1 is 1.41 bits per heavy atom. The van der Waals surface area contributed by atoms with E-state index in [0.29, 0.717) is 11.5 Å². The second-order valence-electron chi connectivity index (χ2n) is 4.06. The lowest BCUT2D eigenvalue weighted by Gasteiger charge is -2.26. The van der Waals surface area contributed by atoms with Gasteiger partial charge in [-0.05, 0) is 25.9 Å². The highest BCUT2D eigenvalue weighted by molar-refractivity contribution is 7.10. The van der Waals surface area contributed by atoms with Crippen LogP contribution in [0.2, 0.25) is 0 Å². The van der Waals surface area contributed by atoms with Crippen LogP contribution in [0.1, 0.15) is 19.3 Å². The standard InChI is InChI=1S/C10H17N5OS/c16-10(13-9-8-12-14-17-9)11-4-7-15-5-2-1-3-6-15/h8H,1-7H2,(H2,11,13,16). The van der Waals surface area contributed by atoms with E-state index in [9.17, 15) is 4.79 Å². The van der Waals surface area contributed by atoms with Crippen LogP contribution < -0.4 is 10.6 Å². The van der Waals surface area contributed by atoms with E-state index in [1.807, 2.05) is 0 Å². The molecule has 6 nitrogen and oxygen atoms in total. The van der Waals surface area contributed by atoms with Crippen LogP contribution in [-0.4, -0.2) is 46.7 Å². The Balaban J connectivity index is 1.59. The first kappa shape index (κ1) is 12.3. The summed E-state index contributed by atoms with van der Waals surface area (Å²) in [4.78, 5) is 13.8. The number of hydrogen-bond acceptors (Lipinski definition) is 5. The van der Waals surface area contributed by atoms with Gasteiger partial charge in [0, 0.05) is 24.6 Å². The Hall–Kier alpha value is -1.21. The van der Waals surface area contributed by atoms with Crippen molar-refractivity contribution in [2.75, 3.05) is 31.5 Å². The number of likely N-dealkylation sites (tertiary alicyclic amines) is 1. The van der Waals surface area contributed by atoms with E-state index in [4.69, 9.17) is 0 Å². The summed E-state index contributed by atoms with van der Waals surface area (Å²) in [6.45, 7) is 3.91. The van der Waals surface area contributed by atoms with Gasteiger partial charge in [0.1, 0.15) is 5.00 Å². The molecule has 0 aliphatic carbocycles. The summed E-state index contributed by atoms with van der Waals surface area (Å²) in [5.74, 6) is 0. The highest BCUT2D eigenvalue weighted by Crippen LogP contribution is 2.08. The number of aromatic nitrogens is 2. The van der Waals surface area contributed by atoms with Gasteiger partial charge in [-0.3, -0.25) is 5.32 Å². The van der Waals surface area contributed by atoms with Crippen LogP contribution in [0.25, 0.3) is 0 Å². The van der Waals surface area contributed by atoms with Gasteiger partial charge in [0.25, 0.3) is 0 Å². The van der Waals surface area contributed by atoms with E-state index >= 15 is 0 Å². The van der Waals surface area contributed by atoms with E-state index in [0.717, 1.165) is 19.6 Å². The van der Waals surface area contributed by atoms with Crippen LogP contribution in [0.5, 0.6) is 0 Å². The fourth-order valence-corrected chi connectivity index (χ4v) is 2.30. The Kier molecular flexibility index (Phi) is 4.69. The van der Waals surface area contributed by atoms with Crippen molar-refractivity contribution in [2.24, 2.45) is 0 Å². The number of amides is 2. The van der Waals surface area contributed by atoms with Crippen molar-refractivity contribution in [2.45, 2.75) is 19.3 Å². The molecule has 0 saturated carbocycles. The number of nitrogens with one attached hydrogen (secondary N) is 2. The number of carbonyl (C=O) groups is 1. The van der Waals surface area contributed by atoms with Crippen molar-refractivity contribution in [3.8, 4) is 0 Å². The summed E-state index contributed by atoms with van der Waals surface area (Å²) >= 11 is 1.17. The third-order valence-corrected chi connectivity index (χ3v) is 3.34. The van der Waals surface area contributed by atoms with Crippen LogP contribution in [0.15, 0.2) is 6.20 Å². The van der Waals surface area contributed by atoms with Gasteiger partial charge in [0.2, 0.25) is 0 Å². The molecule has 2 amide bonds. The van der Waals surface area contributed by atoms with Crippen LogP contribution >= 0.6 is 11.5 Å². The highest BCUT2D eigenvalue weighted by Gasteiger charge is 2.10. The number of hydrogen-bond donors (Lipinski definition) is 2. The van der Waals surface area contributed by atoms with Gasteiger partial charge in [-0.25, -0.2) is 4.79 Å². The Labute approximate surface area is 105 Å². The van der Waals surface area contributed by atoms with E-state index in [1.54, 1.807) is 0 Å². The average Bonchev–Trinajstić information content (AvgIpc) is 2.83. The normalized spacial score (nSPS) is 16.7. The zero-order valence-electron chi connectivity index (χ0n) is 9.69. The van der Waals surface area contributed by atoms with Crippen LogP contribution in [-0.2, 0) is 0 Å². The molecular weight excluding hydrogens is 238 g/mol. The molecule has 0 unspecified atom stereocenters. The van der Waals surface area contributed by atoms with Gasteiger partial charge < -0.3 is 10.2 Å². The molecular formula is C10H17N5OS. The van der Waals surface area contributed by atoms with Crippen molar-refractivity contribution >= 4 is 22.6 Å². The van der Waals surface area contributed by atoms with Gasteiger partial charge in [-0.15, -0.1) is 5.10 Å². The van der Waals surface area contributed by atoms with Gasteiger partial charge >= 0.3 is 6.03 Å². The quantitative estimate of drug-likeness (QED) is 0.846. The maximum Gasteiger partial charge on any atom is 0.319 e. The lowest BCUT2D eigenvalue weighted by Crippen LogP contribution is -2.39. The summed E-state index contributed by atoms with van der Waals surface area (Å²) in [5, 5.41) is 9.83. The highest BCUT2D eigenvalue weighted by atomic mass is 32.1. The molecule has 1 aromatic rings. The molecule has 0 aromatic carbocycles. The third kappa shape index (κ3) is 4.27. The van der Waals surface area contributed by atoms with Crippen molar-refractivity contribution in [3.05, 3.63) is 6.20 Å². The second kappa shape index (κ2) is 6.51. The molecule has 94 valence electrons. The average molecular weight is 255 g/mol. The number of carbonyl (C=O) groups excluding carboxylic acids is 1. The number of anilines is 1. The predicted octanol–water partition coefficient (Wildman–Crippen LogP) is 1.15. The molecule has 1 aliphatic rings. The van der Waals surface area contributed by atoms with Crippen molar-refractivity contribution in [3.63, 3.8) is 0 Å². The molecule has 1 fully saturated rings. The van der Waals surface area contributed by atoms with Crippen LogP contribution in [0.4, 0.5) is 9.80 Å². The van der Waals surface area contributed by atoms with Crippen molar-refractivity contribution in [1.29, 1.82) is 0 Å². The summed E-state index contributed by atoms with van der Waals surface area (Å²) in [6, 6.07) is -0.187. The summed E-state index contributed by atoms with van der Waals surface area (Å²) < 4.78 is 3.67. The summed E-state index contributed by atoms with van der Waals surface area (Å²) in [7, 11) is 0. The maximum atomic E-state index is 11.5. The first-order chi connectivity index (χ1) is 8.34. The minimum atomic E-state index is -0.187. The predicted molar refractivity (Wildman–Crippen MR) is 67.2 cm³/mol. The molecule has 0 bridgehead atoms. The first-order valence-electron chi connectivity index (χ1n) is 5.89. The molecule has 0 spiro atoms. The minimum absolute atomic E-state index is 0.187. The molecule has 2 rings (SSSR count). The van der Waals surface area contributed by atoms with Crippen molar-refractivity contribution in [1.82, 2.24) is 19.8 Å². The van der Waals surface area contributed by atoms with Crippen LogP contribution in [0.3, 0.4) is 0 Å². The minimum Gasteiger partial charge on any atom is -0.337 e. The van der Waals surface area contributed by atoms with Gasteiger partial charge in [0.05, 0.1) is 6.20 Å². The van der Waals surface area contributed by atoms with Crippen LogP contribution in [0, 0.1) is 0 Å². The lowest BCUT2D eigenvalue weighted by atomic mass is 10.1. The summed E-state index contributed by atoms with van der Waals surface area (Å²) in [5.41, 5.74) is 0. The van der Waals surface area contributed by atoms with E-state index in [1.165, 1.54) is 37.0 Å². The fourth-order valence-electron chi connectivity index (χ4n) is 1.89. The lowest BCUT2D eigenvalue weighted by molar-refractivity contribution is 0.224. The zero-order chi connectivity index (χ0) is 11.9. The number of rotatable bonds is 4. The molecule has 0 radical (unpaired) electrons. The number of piperidine rings is 1. The smallest absolute Gasteiger partial charge is 0.319 e.